The molecule has 1 aromatic carbocycles. The van der Waals surface area contributed by atoms with E-state index in [0.29, 0.717) is 17.4 Å². The molecule has 0 bridgehead atoms. The van der Waals surface area contributed by atoms with E-state index in [1.165, 1.54) is 12.8 Å². The largest absolute Gasteiger partial charge is 0.493 e. The summed E-state index contributed by atoms with van der Waals surface area (Å²) in [5.41, 5.74) is 1.99. The number of methoxy groups -OCH3 is 2. The van der Waals surface area contributed by atoms with Gasteiger partial charge >= 0.3 is 0 Å². The lowest BCUT2D eigenvalue weighted by Crippen LogP contribution is -2.04. The summed E-state index contributed by atoms with van der Waals surface area (Å²) >= 11 is 0. The second kappa shape index (κ2) is 5.32. The van der Waals surface area contributed by atoms with Gasteiger partial charge in [-0.15, -0.1) is 0 Å². The first-order chi connectivity index (χ1) is 9.78. The van der Waals surface area contributed by atoms with Gasteiger partial charge in [0.05, 0.1) is 25.3 Å². The minimum atomic E-state index is 0.192. The number of aliphatic hydroxyl groups excluding tert-OH is 1. The summed E-state index contributed by atoms with van der Waals surface area (Å²) in [6, 6.07) is 3.90. The molecular weight excluding hydrogens is 256 g/mol. The lowest BCUT2D eigenvalue weighted by molar-refractivity contribution is 0.280. The van der Waals surface area contributed by atoms with E-state index in [1.807, 2.05) is 12.1 Å². The van der Waals surface area contributed by atoms with Gasteiger partial charge < -0.3 is 19.1 Å². The van der Waals surface area contributed by atoms with Crippen molar-refractivity contribution in [2.45, 2.75) is 31.7 Å². The number of nitrogens with zero attached hydrogens (tertiary/aromatic N) is 2. The first-order valence-corrected chi connectivity index (χ1v) is 7.01. The molecule has 1 aromatic heterocycles. The molecule has 1 fully saturated rings. The van der Waals surface area contributed by atoms with Gasteiger partial charge in [0.1, 0.15) is 5.82 Å². The molecule has 1 saturated carbocycles. The first kappa shape index (κ1) is 13.2. The third kappa shape index (κ3) is 2.22. The molecule has 0 aliphatic heterocycles. The summed E-state index contributed by atoms with van der Waals surface area (Å²) < 4.78 is 12.9. The second-order valence-corrected chi connectivity index (χ2v) is 5.17. The number of ether oxygens (including phenoxy) is 2. The predicted octanol–water partition coefficient (Wildman–Crippen LogP) is 2.31. The average Bonchev–Trinajstić information content (AvgIpc) is 3.26. The van der Waals surface area contributed by atoms with Crippen molar-refractivity contribution in [3.05, 3.63) is 18.0 Å². The third-order valence-corrected chi connectivity index (χ3v) is 3.77. The highest BCUT2D eigenvalue weighted by molar-refractivity contribution is 5.81. The average molecular weight is 276 g/mol. The minimum Gasteiger partial charge on any atom is -0.493 e. The Balaban J connectivity index is 2.13. The van der Waals surface area contributed by atoms with Gasteiger partial charge in [0.2, 0.25) is 0 Å². The number of hydrogen-bond donors (Lipinski definition) is 1. The molecule has 2 aromatic rings. The van der Waals surface area contributed by atoms with Gasteiger partial charge in [-0.3, -0.25) is 0 Å². The Labute approximate surface area is 118 Å². The zero-order valence-corrected chi connectivity index (χ0v) is 11.9. The lowest BCUT2D eigenvalue weighted by atomic mass is 10.2. The van der Waals surface area contributed by atoms with Gasteiger partial charge in [0.25, 0.3) is 0 Å². The Kier molecular flexibility index (Phi) is 3.53. The summed E-state index contributed by atoms with van der Waals surface area (Å²) in [6.07, 6.45) is 3.15. The van der Waals surface area contributed by atoms with Crippen LogP contribution in [0.3, 0.4) is 0 Å². The molecule has 0 unspecified atom stereocenters. The van der Waals surface area contributed by atoms with Crippen LogP contribution >= 0.6 is 0 Å². The smallest absolute Gasteiger partial charge is 0.163 e. The zero-order valence-electron chi connectivity index (χ0n) is 11.9. The topological polar surface area (TPSA) is 56.5 Å². The monoisotopic (exact) mass is 276 g/mol. The maximum absolute atomic E-state index is 9.09. The minimum absolute atomic E-state index is 0.192. The van der Waals surface area contributed by atoms with Crippen LogP contribution in [0.1, 0.15) is 31.0 Å². The zero-order chi connectivity index (χ0) is 14.1. The highest BCUT2D eigenvalue weighted by Gasteiger charge is 2.29. The standard InChI is InChI=1S/C15H20N2O3/c1-19-13-8-11-12(9-14(13)20-2)17(6-3-7-18)15(16-11)10-4-5-10/h8-10,18H,3-7H2,1-2H3. The molecule has 1 heterocycles. The van der Waals surface area contributed by atoms with E-state index < -0.39 is 0 Å². The summed E-state index contributed by atoms with van der Waals surface area (Å²) in [5.74, 6) is 3.11. The molecule has 1 N–H and O–H groups in total. The van der Waals surface area contributed by atoms with Crippen LogP contribution in [0.4, 0.5) is 0 Å². The molecule has 0 radical (unpaired) electrons. The SMILES string of the molecule is COc1cc2nc(C3CC3)n(CCCO)c2cc1OC. The molecule has 0 atom stereocenters. The highest BCUT2D eigenvalue weighted by Crippen LogP contribution is 2.42. The third-order valence-electron chi connectivity index (χ3n) is 3.77. The predicted molar refractivity (Wildman–Crippen MR) is 76.5 cm³/mol. The van der Waals surface area contributed by atoms with Crippen LogP contribution < -0.4 is 9.47 Å². The maximum Gasteiger partial charge on any atom is 0.163 e. The van der Waals surface area contributed by atoms with Gasteiger partial charge in [-0.05, 0) is 19.3 Å². The van der Waals surface area contributed by atoms with Crippen LogP contribution in [-0.2, 0) is 6.54 Å². The Morgan fingerprint density at radius 3 is 2.55 bits per heavy atom. The molecule has 5 nitrogen and oxygen atoms in total. The second-order valence-electron chi connectivity index (χ2n) is 5.17. The number of fused-ring (bicyclic) bond motifs is 1. The van der Waals surface area contributed by atoms with Gasteiger partial charge in [-0.25, -0.2) is 4.98 Å². The van der Waals surface area contributed by atoms with Crippen LogP contribution in [-0.4, -0.2) is 35.5 Å². The Morgan fingerprint density at radius 1 is 1.25 bits per heavy atom. The Morgan fingerprint density at radius 2 is 1.95 bits per heavy atom. The summed E-state index contributed by atoms with van der Waals surface area (Å²) in [6.45, 7) is 0.978. The van der Waals surface area contributed by atoms with E-state index in [9.17, 15) is 0 Å². The van der Waals surface area contributed by atoms with Crippen molar-refractivity contribution >= 4 is 11.0 Å². The van der Waals surface area contributed by atoms with Gasteiger partial charge in [0, 0.05) is 31.2 Å². The fraction of sp³-hybridized carbons (Fsp3) is 0.533. The van der Waals surface area contributed by atoms with Crippen molar-refractivity contribution < 1.29 is 14.6 Å². The molecule has 3 rings (SSSR count). The number of benzene rings is 1. The number of imidazole rings is 1. The fourth-order valence-electron chi connectivity index (χ4n) is 2.59. The Hall–Kier alpha value is -1.75. The van der Waals surface area contributed by atoms with Crippen LogP contribution in [0.25, 0.3) is 11.0 Å². The molecule has 1 aliphatic rings. The molecule has 0 saturated heterocycles. The van der Waals surface area contributed by atoms with Gasteiger partial charge in [0.15, 0.2) is 11.5 Å². The van der Waals surface area contributed by atoms with Crippen LogP contribution in [0.2, 0.25) is 0 Å². The molecule has 5 heteroatoms. The van der Waals surface area contributed by atoms with E-state index in [0.717, 1.165) is 29.8 Å². The van der Waals surface area contributed by atoms with E-state index in [4.69, 9.17) is 19.6 Å². The Bertz CT molecular complexity index is 617. The fourth-order valence-corrected chi connectivity index (χ4v) is 2.59. The number of aryl methyl sites for hydroxylation is 1. The lowest BCUT2D eigenvalue weighted by Gasteiger charge is -2.10. The number of rotatable bonds is 6. The molecule has 0 spiro atoms. The van der Waals surface area contributed by atoms with E-state index in [2.05, 4.69) is 4.57 Å². The van der Waals surface area contributed by atoms with Crippen molar-refractivity contribution in [3.63, 3.8) is 0 Å². The van der Waals surface area contributed by atoms with Gasteiger partial charge in [-0.1, -0.05) is 0 Å². The van der Waals surface area contributed by atoms with Crippen LogP contribution in [0.5, 0.6) is 11.5 Å². The first-order valence-electron chi connectivity index (χ1n) is 7.01. The summed E-state index contributed by atoms with van der Waals surface area (Å²) in [4.78, 5) is 4.76. The molecule has 1 aliphatic carbocycles. The van der Waals surface area contributed by atoms with E-state index in [-0.39, 0.29) is 6.61 Å². The van der Waals surface area contributed by atoms with Crippen molar-refractivity contribution in [1.29, 1.82) is 0 Å². The van der Waals surface area contributed by atoms with Crippen molar-refractivity contribution in [1.82, 2.24) is 9.55 Å². The van der Waals surface area contributed by atoms with Crippen LogP contribution in [0, 0.1) is 0 Å². The summed E-state index contributed by atoms with van der Waals surface area (Å²) in [7, 11) is 3.27. The molecule has 108 valence electrons. The van der Waals surface area contributed by atoms with Crippen molar-refractivity contribution in [2.75, 3.05) is 20.8 Å². The maximum atomic E-state index is 9.09. The highest BCUT2D eigenvalue weighted by atomic mass is 16.5. The summed E-state index contributed by atoms with van der Waals surface area (Å²) in [5, 5.41) is 9.09. The molecule has 0 amide bonds. The van der Waals surface area contributed by atoms with Crippen LogP contribution in [0.15, 0.2) is 12.1 Å². The van der Waals surface area contributed by atoms with E-state index in [1.54, 1.807) is 14.2 Å². The quantitative estimate of drug-likeness (QED) is 0.879. The van der Waals surface area contributed by atoms with E-state index >= 15 is 0 Å². The number of hydrogen-bond acceptors (Lipinski definition) is 4. The number of aromatic nitrogens is 2. The van der Waals surface area contributed by atoms with Gasteiger partial charge in [-0.2, -0.15) is 0 Å². The number of aliphatic hydroxyl groups is 1. The van der Waals surface area contributed by atoms with Crippen molar-refractivity contribution in [2.24, 2.45) is 0 Å². The molecular formula is C15H20N2O3. The molecule has 20 heavy (non-hydrogen) atoms. The van der Waals surface area contributed by atoms with Crippen molar-refractivity contribution in [3.8, 4) is 11.5 Å². The normalized spacial score (nSPS) is 14.8.